The van der Waals surface area contributed by atoms with E-state index in [4.69, 9.17) is 32.7 Å². The molecule has 2 rings (SSSR count). The second kappa shape index (κ2) is 6.53. The summed E-state index contributed by atoms with van der Waals surface area (Å²) in [6.07, 6.45) is 1.00. The number of hydrogen-bond donors (Lipinski definition) is 0. The molecule has 98 valence electrons. The molecule has 1 aliphatic heterocycles. The second-order valence-electron chi connectivity index (χ2n) is 4.30. The molecule has 0 aliphatic carbocycles. The van der Waals surface area contributed by atoms with Gasteiger partial charge in [-0.15, -0.1) is 0 Å². The second-order valence-corrected chi connectivity index (χ2v) is 5.11. The van der Waals surface area contributed by atoms with Crippen LogP contribution in [0.3, 0.4) is 0 Å². The summed E-state index contributed by atoms with van der Waals surface area (Å²) in [4.78, 5) is 11.8. The molecule has 1 aromatic rings. The largest absolute Gasteiger partial charge is 0.381 e. The highest BCUT2D eigenvalue weighted by molar-refractivity contribution is 6.42. The van der Waals surface area contributed by atoms with Gasteiger partial charge in [0.25, 0.3) is 0 Å². The van der Waals surface area contributed by atoms with Crippen LogP contribution in [0.2, 0.25) is 10.0 Å². The fourth-order valence-corrected chi connectivity index (χ4v) is 2.08. The van der Waals surface area contributed by atoms with Crippen LogP contribution in [0.15, 0.2) is 18.2 Å². The van der Waals surface area contributed by atoms with Gasteiger partial charge in [0.2, 0.25) is 0 Å². The van der Waals surface area contributed by atoms with Crippen LogP contribution in [-0.2, 0) is 9.47 Å². The van der Waals surface area contributed by atoms with Gasteiger partial charge in [-0.05, 0) is 24.6 Å². The number of Topliss-reactive ketones (excluding diaryl/α,β-unsaturated/α-hetero) is 1. The predicted molar refractivity (Wildman–Crippen MR) is 70.5 cm³/mol. The third-order valence-electron chi connectivity index (χ3n) is 2.85. The van der Waals surface area contributed by atoms with Gasteiger partial charge in [-0.1, -0.05) is 23.2 Å². The van der Waals surface area contributed by atoms with E-state index in [0.29, 0.717) is 28.1 Å². The Balaban J connectivity index is 1.81. The van der Waals surface area contributed by atoms with Crippen LogP contribution in [0.1, 0.15) is 16.8 Å². The smallest absolute Gasteiger partial charge is 0.188 e. The van der Waals surface area contributed by atoms with Crippen LogP contribution in [0.5, 0.6) is 0 Å². The summed E-state index contributed by atoms with van der Waals surface area (Å²) in [6, 6.07) is 4.83. The zero-order valence-corrected chi connectivity index (χ0v) is 11.3. The number of ketones is 1. The number of benzene rings is 1. The summed E-state index contributed by atoms with van der Waals surface area (Å²) in [5.41, 5.74) is 0.520. The van der Waals surface area contributed by atoms with E-state index in [2.05, 4.69) is 0 Å². The van der Waals surface area contributed by atoms with Crippen molar-refractivity contribution in [2.75, 3.05) is 26.4 Å². The summed E-state index contributed by atoms with van der Waals surface area (Å²) in [5, 5.41) is 0.823. The van der Waals surface area contributed by atoms with Gasteiger partial charge < -0.3 is 9.47 Å². The summed E-state index contributed by atoms with van der Waals surface area (Å²) in [5.74, 6) is 0.319. The van der Waals surface area contributed by atoms with Gasteiger partial charge in [0.15, 0.2) is 5.78 Å². The Morgan fingerprint density at radius 2 is 2.22 bits per heavy atom. The summed E-state index contributed by atoms with van der Waals surface area (Å²) < 4.78 is 10.6. The maximum atomic E-state index is 11.8. The van der Waals surface area contributed by atoms with Gasteiger partial charge in [-0.3, -0.25) is 4.79 Å². The minimum absolute atomic E-state index is 0.0639. The van der Waals surface area contributed by atoms with E-state index in [-0.39, 0.29) is 12.4 Å². The predicted octanol–water partition coefficient (Wildman–Crippen LogP) is 3.23. The first-order chi connectivity index (χ1) is 8.66. The van der Waals surface area contributed by atoms with Gasteiger partial charge in [0.05, 0.1) is 23.3 Å². The van der Waals surface area contributed by atoms with E-state index in [1.165, 1.54) is 0 Å². The third kappa shape index (κ3) is 3.69. The molecule has 1 atom stereocenters. The van der Waals surface area contributed by atoms with Crippen LogP contribution in [0, 0.1) is 5.92 Å². The van der Waals surface area contributed by atoms with Gasteiger partial charge in [-0.25, -0.2) is 0 Å². The first kappa shape index (κ1) is 13.8. The van der Waals surface area contributed by atoms with Crippen LogP contribution in [-0.4, -0.2) is 32.2 Å². The molecule has 1 unspecified atom stereocenters. The minimum atomic E-state index is -0.0903. The molecule has 1 heterocycles. The summed E-state index contributed by atoms with van der Waals surface area (Å²) in [6.45, 7) is 2.14. The lowest BCUT2D eigenvalue weighted by Gasteiger charge is -2.08. The average molecular weight is 289 g/mol. The molecular weight excluding hydrogens is 275 g/mol. The average Bonchev–Trinajstić information content (AvgIpc) is 2.85. The van der Waals surface area contributed by atoms with Gasteiger partial charge in [-0.2, -0.15) is 0 Å². The molecule has 0 spiro atoms. The van der Waals surface area contributed by atoms with Crippen molar-refractivity contribution in [1.29, 1.82) is 0 Å². The van der Waals surface area contributed by atoms with E-state index < -0.39 is 0 Å². The Hall–Kier alpha value is -0.610. The van der Waals surface area contributed by atoms with Crippen molar-refractivity contribution in [3.63, 3.8) is 0 Å². The van der Waals surface area contributed by atoms with Crippen molar-refractivity contribution in [1.82, 2.24) is 0 Å². The SMILES string of the molecule is O=C(COCC1CCOC1)c1ccc(Cl)c(Cl)c1. The molecule has 1 saturated heterocycles. The van der Waals surface area contributed by atoms with E-state index in [0.717, 1.165) is 19.6 Å². The molecule has 0 aromatic heterocycles. The fraction of sp³-hybridized carbons (Fsp3) is 0.462. The zero-order chi connectivity index (χ0) is 13.0. The van der Waals surface area contributed by atoms with Crippen molar-refractivity contribution in [2.24, 2.45) is 5.92 Å². The number of halogens is 2. The molecule has 0 radical (unpaired) electrons. The van der Waals surface area contributed by atoms with E-state index >= 15 is 0 Å². The van der Waals surface area contributed by atoms with Crippen LogP contribution >= 0.6 is 23.2 Å². The Kier molecular flexibility index (Phi) is 5.01. The van der Waals surface area contributed by atoms with Gasteiger partial charge in [0, 0.05) is 18.1 Å². The number of hydrogen-bond acceptors (Lipinski definition) is 3. The molecule has 0 saturated carbocycles. The Labute approximate surface area is 116 Å². The highest BCUT2D eigenvalue weighted by Crippen LogP contribution is 2.22. The molecule has 0 N–H and O–H groups in total. The minimum Gasteiger partial charge on any atom is -0.381 e. The monoisotopic (exact) mass is 288 g/mol. The molecule has 5 heteroatoms. The maximum Gasteiger partial charge on any atom is 0.188 e. The Bertz CT molecular complexity index is 428. The number of carbonyl (C=O) groups excluding carboxylic acids is 1. The van der Waals surface area contributed by atoms with Crippen molar-refractivity contribution < 1.29 is 14.3 Å². The quantitative estimate of drug-likeness (QED) is 0.781. The maximum absolute atomic E-state index is 11.8. The number of carbonyl (C=O) groups is 1. The molecule has 18 heavy (non-hydrogen) atoms. The molecule has 0 amide bonds. The molecule has 0 bridgehead atoms. The van der Waals surface area contributed by atoms with Crippen molar-refractivity contribution in [2.45, 2.75) is 6.42 Å². The van der Waals surface area contributed by atoms with Crippen molar-refractivity contribution >= 4 is 29.0 Å². The highest BCUT2D eigenvalue weighted by atomic mass is 35.5. The van der Waals surface area contributed by atoms with Crippen LogP contribution < -0.4 is 0 Å². The Morgan fingerprint density at radius 3 is 2.89 bits per heavy atom. The Morgan fingerprint density at radius 1 is 1.39 bits per heavy atom. The number of rotatable bonds is 5. The zero-order valence-electron chi connectivity index (χ0n) is 9.83. The topological polar surface area (TPSA) is 35.5 Å². The third-order valence-corrected chi connectivity index (χ3v) is 3.59. The standard InChI is InChI=1S/C13H14Cl2O3/c14-11-2-1-10(5-12(11)15)13(16)8-18-7-9-3-4-17-6-9/h1-2,5,9H,3-4,6-8H2. The highest BCUT2D eigenvalue weighted by Gasteiger charge is 2.16. The molecule has 3 nitrogen and oxygen atoms in total. The summed E-state index contributed by atoms with van der Waals surface area (Å²) in [7, 11) is 0. The normalized spacial score (nSPS) is 19.1. The lowest BCUT2D eigenvalue weighted by atomic mass is 10.1. The van der Waals surface area contributed by atoms with Crippen molar-refractivity contribution in [3.8, 4) is 0 Å². The lowest BCUT2D eigenvalue weighted by molar-refractivity contribution is 0.0652. The first-order valence-electron chi connectivity index (χ1n) is 5.80. The lowest BCUT2D eigenvalue weighted by Crippen LogP contribution is -2.15. The molecule has 1 aliphatic rings. The molecule has 1 fully saturated rings. The first-order valence-corrected chi connectivity index (χ1v) is 6.56. The number of ether oxygens (including phenoxy) is 2. The van der Waals surface area contributed by atoms with Crippen LogP contribution in [0.4, 0.5) is 0 Å². The van der Waals surface area contributed by atoms with Crippen molar-refractivity contribution in [3.05, 3.63) is 33.8 Å². The van der Waals surface area contributed by atoms with E-state index in [9.17, 15) is 4.79 Å². The molecule has 1 aromatic carbocycles. The van der Waals surface area contributed by atoms with Gasteiger partial charge >= 0.3 is 0 Å². The van der Waals surface area contributed by atoms with Gasteiger partial charge in [0.1, 0.15) is 6.61 Å². The summed E-state index contributed by atoms with van der Waals surface area (Å²) >= 11 is 11.6. The molecular formula is C13H14Cl2O3. The van der Waals surface area contributed by atoms with E-state index in [1.807, 2.05) is 0 Å². The van der Waals surface area contributed by atoms with Crippen LogP contribution in [0.25, 0.3) is 0 Å². The fourth-order valence-electron chi connectivity index (χ4n) is 1.79. The van der Waals surface area contributed by atoms with E-state index in [1.54, 1.807) is 18.2 Å².